The van der Waals surface area contributed by atoms with Gasteiger partial charge in [0.15, 0.2) is 6.54 Å². The zero-order chi connectivity index (χ0) is 34.4. The molecule has 1 unspecified atom stereocenters. The third kappa shape index (κ3) is 11.4. The number of benzene rings is 2. The Hall–Kier alpha value is -3.43. The molecule has 0 saturated carbocycles. The number of quaternary nitrogens is 1. The zero-order valence-electron chi connectivity index (χ0n) is 30.1. The molecule has 0 bridgehead atoms. The molecule has 0 radical (unpaired) electrons. The normalized spacial score (nSPS) is 15.3. The van der Waals surface area contributed by atoms with Crippen molar-refractivity contribution in [2.24, 2.45) is 0 Å². The van der Waals surface area contributed by atoms with Crippen molar-refractivity contribution in [2.45, 2.75) is 106 Å². The minimum absolute atomic E-state index is 0.000199. The lowest BCUT2D eigenvalue weighted by Crippen LogP contribution is -2.52. The second-order valence-electron chi connectivity index (χ2n) is 13.3. The first-order valence-electron chi connectivity index (χ1n) is 17.9. The average Bonchev–Trinajstić information content (AvgIpc) is 3.05. The van der Waals surface area contributed by atoms with Gasteiger partial charge in [0.05, 0.1) is 25.7 Å². The number of para-hydroxylation sites is 1. The minimum Gasteiger partial charge on any atom is -0.410 e. The van der Waals surface area contributed by atoms with E-state index in [1.54, 1.807) is 12.1 Å². The van der Waals surface area contributed by atoms with Crippen LogP contribution in [0.15, 0.2) is 30.3 Å². The highest BCUT2D eigenvalue weighted by Crippen LogP contribution is 2.27. The second-order valence-corrected chi connectivity index (χ2v) is 13.3. The van der Waals surface area contributed by atoms with Crippen LogP contribution in [0.3, 0.4) is 0 Å². The number of rotatable bonds is 17. The molecule has 9 nitrogen and oxygen atoms in total. The molecule has 2 aromatic carbocycles. The van der Waals surface area contributed by atoms with Gasteiger partial charge >= 0.3 is 6.09 Å². The monoisotopic (exact) mass is 650 g/mol. The Kier molecular flexibility index (Phi) is 15.2. The summed E-state index contributed by atoms with van der Waals surface area (Å²) < 4.78 is 6.31. The highest BCUT2D eigenvalue weighted by atomic mass is 16.6. The van der Waals surface area contributed by atoms with Crippen LogP contribution in [0.1, 0.15) is 94.4 Å². The van der Waals surface area contributed by atoms with Crippen LogP contribution in [0.4, 0.5) is 16.2 Å². The molecular weight excluding hydrogens is 590 g/mol. The number of hydrogen-bond acceptors (Lipinski definition) is 5. The Bertz CT molecular complexity index is 1290. The van der Waals surface area contributed by atoms with E-state index in [9.17, 15) is 14.4 Å². The summed E-state index contributed by atoms with van der Waals surface area (Å²) in [5.41, 5.74) is 5.65. The third-order valence-corrected chi connectivity index (χ3v) is 10.0. The number of nitrogens with zero attached hydrogens (tertiary/aromatic N) is 2. The Labute approximate surface area is 283 Å². The molecule has 0 aromatic heterocycles. The van der Waals surface area contributed by atoms with Crippen LogP contribution in [0.2, 0.25) is 0 Å². The van der Waals surface area contributed by atoms with Crippen molar-refractivity contribution in [1.82, 2.24) is 10.2 Å². The van der Waals surface area contributed by atoms with Gasteiger partial charge in [0.2, 0.25) is 5.91 Å². The summed E-state index contributed by atoms with van der Waals surface area (Å²) in [6.07, 6.45) is 7.85. The molecule has 1 fully saturated rings. The van der Waals surface area contributed by atoms with Gasteiger partial charge in [-0.05, 0) is 122 Å². The Morgan fingerprint density at radius 2 is 1.40 bits per heavy atom. The topological polar surface area (TPSA) is 99.8 Å². The molecule has 3 rings (SSSR count). The van der Waals surface area contributed by atoms with E-state index < -0.39 is 6.09 Å². The van der Waals surface area contributed by atoms with Crippen LogP contribution in [-0.4, -0.2) is 79.1 Å². The number of likely N-dealkylation sites (N-methyl/N-ethyl adjacent to an activating group) is 1. The van der Waals surface area contributed by atoms with Crippen LogP contribution in [0.25, 0.3) is 0 Å². The molecule has 260 valence electrons. The molecule has 1 saturated heterocycles. The van der Waals surface area contributed by atoms with Gasteiger partial charge in [-0.2, -0.15) is 0 Å². The minimum atomic E-state index is -0.466. The molecule has 0 aliphatic carbocycles. The van der Waals surface area contributed by atoms with Crippen molar-refractivity contribution in [3.63, 3.8) is 0 Å². The maximum atomic E-state index is 13.2. The van der Waals surface area contributed by atoms with Crippen molar-refractivity contribution >= 4 is 29.3 Å². The molecule has 1 atom stereocenters. The van der Waals surface area contributed by atoms with E-state index in [4.69, 9.17) is 4.74 Å². The number of anilines is 2. The molecule has 3 N–H and O–H groups in total. The van der Waals surface area contributed by atoms with Crippen molar-refractivity contribution in [3.05, 3.63) is 52.6 Å². The molecule has 1 aliphatic heterocycles. The number of hydrogen-bond donors (Lipinski definition) is 3. The summed E-state index contributed by atoms with van der Waals surface area (Å²) in [7, 11) is 0. The third-order valence-electron chi connectivity index (χ3n) is 10.0. The van der Waals surface area contributed by atoms with E-state index in [0.717, 1.165) is 122 Å². The van der Waals surface area contributed by atoms with Gasteiger partial charge < -0.3 is 25.2 Å². The van der Waals surface area contributed by atoms with Gasteiger partial charge in [-0.3, -0.25) is 14.5 Å². The van der Waals surface area contributed by atoms with Crippen LogP contribution in [0, 0.1) is 27.7 Å². The number of likely N-dealkylation sites (tertiary alicyclic amines) is 1. The smallest absolute Gasteiger partial charge is 0.410 e. The number of amides is 3. The molecule has 47 heavy (non-hydrogen) atoms. The van der Waals surface area contributed by atoms with E-state index in [1.807, 2.05) is 45.9 Å². The van der Waals surface area contributed by atoms with Gasteiger partial charge in [0, 0.05) is 17.9 Å². The van der Waals surface area contributed by atoms with Gasteiger partial charge in [-0.1, -0.05) is 43.9 Å². The van der Waals surface area contributed by atoms with Crippen molar-refractivity contribution in [3.8, 4) is 5.75 Å². The Morgan fingerprint density at radius 1 is 0.809 bits per heavy atom. The molecule has 3 amide bonds. The van der Waals surface area contributed by atoms with Gasteiger partial charge in [0.1, 0.15) is 5.75 Å². The number of aryl methyl sites for hydroxylation is 4. The lowest BCUT2D eigenvalue weighted by Gasteiger charge is -2.35. The summed E-state index contributed by atoms with van der Waals surface area (Å²) in [6.45, 7) is 19.9. The summed E-state index contributed by atoms with van der Waals surface area (Å²) in [4.78, 5) is 40.9. The SMILES string of the molecule is CC[N+](CC)(CC)CC(=O)Nc1c(C)cc(OC(=O)NCCCCCCCN2CCCCC2C(=O)Nc2c(C)cccc2C)cc1C. The summed E-state index contributed by atoms with van der Waals surface area (Å²) in [5.74, 6) is 0.583. The number of unbranched alkanes of at least 4 members (excludes halogenated alkanes) is 4. The fourth-order valence-corrected chi connectivity index (χ4v) is 6.75. The second kappa shape index (κ2) is 18.8. The van der Waals surface area contributed by atoms with E-state index in [-0.39, 0.29) is 17.9 Å². The predicted octanol–water partition coefficient (Wildman–Crippen LogP) is 7.27. The number of ether oxygens (including phenoxy) is 1. The van der Waals surface area contributed by atoms with Crippen molar-refractivity contribution in [1.29, 1.82) is 0 Å². The summed E-state index contributed by atoms with van der Waals surface area (Å²) in [5, 5.41) is 9.16. The largest absolute Gasteiger partial charge is 0.412 e. The van der Waals surface area contributed by atoms with Crippen LogP contribution in [0.5, 0.6) is 5.75 Å². The highest BCUT2D eigenvalue weighted by Gasteiger charge is 2.29. The van der Waals surface area contributed by atoms with Crippen LogP contribution < -0.4 is 20.7 Å². The maximum absolute atomic E-state index is 13.2. The molecule has 0 spiro atoms. The number of nitrogens with one attached hydrogen (secondary N) is 3. The number of carbonyl (C=O) groups is 3. The first-order valence-corrected chi connectivity index (χ1v) is 17.9. The molecule has 9 heteroatoms. The molecule has 1 aliphatic rings. The maximum Gasteiger partial charge on any atom is 0.412 e. The zero-order valence-corrected chi connectivity index (χ0v) is 30.1. The first kappa shape index (κ1) is 38.0. The standard InChI is InChI=1S/C38H59N5O4/c1-8-43(9-2,10-3)27-34(44)40-36-30(6)25-32(26-31(36)7)47-38(46)39-22-15-12-11-13-16-23-42-24-17-14-21-33(42)37(45)41-35-28(4)19-18-20-29(35)5/h18-20,25-26,33H,8-17,21-24,27H2,1-7H3,(H2-,39,40,41,44,45,46)/p+1. The molecule has 1 heterocycles. The van der Waals surface area contributed by atoms with E-state index >= 15 is 0 Å². The fourth-order valence-electron chi connectivity index (χ4n) is 6.75. The first-order chi connectivity index (χ1) is 22.5. The number of carbonyl (C=O) groups excluding carboxylic acids is 3. The fraction of sp³-hybridized carbons (Fsp3) is 0.605. The van der Waals surface area contributed by atoms with Crippen molar-refractivity contribution in [2.75, 3.05) is 56.4 Å². The van der Waals surface area contributed by atoms with E-state index in [1.165, 1.54) is 0 Å². The highest BCUT2D eigenvalue weighted by molar-refractivity contribution is 5.96. The van der Waals surface area contributed by atoms with E-state index in [0.29, 0.717) is 18.8 Å². The van der Waals surface area contributed by atoms with Crippen molar-refractivity contribution < 1.29 is 23.6 Å². The lowest BCUT2D eigenvalue weighted by atomic mass is 10.00. The van der Waals surface area contributed by atoms with Gasteiger partial charge in [-0.15, -0.1) is 0 Å². The molecule has 2 aromatic rings. The van der Waals surface area contributed by atoms with Crippen LogP contribution >= 0.6 is 0 Å². The quantitative estimate of drug-likeness (QED) is 0.124. The lowest BCUT2D eigenvalue weighted by molar-refractivity contribution is -0.915. The van der Waals surface area contributed by atoms with E-state index in [2.05, 4.69) is 41.6 Å². The summed E-state index contributed by atoms with van der Waals surface area (Å²) in [6, 6.07) is 9.64. The summed E-state index contributed by atoms with van der Waals surface area (Å²) >= 11 is 0. The van der Waals surface area contributed by atoms with Crippen LogP contribution in [-0.2, 0) is 9.59 Å². The van der Waals surface area contributed by atoms with Gasteiger partial charge in [0.25, 0.3) is 5.91 Å². The number of piperidine rings is 1. The molecular formula is C38H60N5O4+. The van der Waals surface area contributed by atoms with Gasteiger partial charge in [-0.25, -0.2) is 4.79 Å². The average molecular weight is 651 g/mol. The Morgan fingerprint density at radius 3 is 2.04 bits per heavy atom. The Balaban J connectivity index is 1.34. The predicted molar refractivity (Wildman–Crippen MR) is 192 cm³/mol.